The van der Waals surface area contributed by atoms with E-state index in [1.807, 2.05) is 0 Å². The van der Waals surface area contributed by atoms with E-state index in [1.54, 1.807) is 22.3 Å². The maximum atomic E-state index is 2.57. The molecule has 2 unspecified atom stereocenters. The first kappa shape index (κ1) is 25.9. The van der Waals surface area contributed by atoms with Crippen LogP contribution in [0, 0.1) is 11.3 Å². The molecule has 158 valence electrons. The Bertz CT molecular complexity index is 998. The van der Waals surface area contributed by atoms with E-state index in [4.69, 9.17) is 0 Å². The Morgan fingerprint density at radius 2 is 1.47 bits per heavy atom. The van der Waals surface area contributed by atoms with Crippen LogP contribution in [0.3, 0.4) is 0 Å². The maximum Gasteiger partial charge on any atom is -1.00 e. The largest absolute Gasteiger partial charge is 1.00 e. The number of allylic oxidation sites excluding steroid dienone is 4. The number of benzene rings is 2. The molecule has 2 aromatic carbocycles. The summed E-state index contributed by atoms with van der Waals surface area (Å²) in [5.74, 6) is -0.0195. The van der Waals surface area contributed by atoms with Gasteiger partial charge in [-0.05, 0) is 0 Å². The van der Waals surface area contributed by atoms with Gasteiger partial charge in [0.1, 0.15) is 0 Å². The Balaban J connectivity index is 0.00000160. The zero-order valence-electron chi connectivity index (χ0n) is 19.1. The minimum absolute atomic E-state index is 0. The van der Waals surface area contributed by atoms with Crippen molar-refractivity contribution in [1.29, 1.82) is 0 Å². The van der Waals surface area contributed by atoms with Gasteiger partial charge in [-0.2, -0.15) is 0 Å². The molecule has 0 aliphatic heterocycles. The molecule has 2 aliphatic carbocycles. The molecule has 2 atom stereocenters. The predicted octanol–water partition coefficient (Wildman–Crippen LogP) is 1.23. The molecule has 0 radical (unpaired) electrons. The third kappa shape index (κ3) is 4.40. The zero-order chi connectivity index (χ0) is 20.2. The Hall–Kier alpha value is -0.400. The first-order chi connectivity index (χ1) is 13.2. The van der Waals surface area contributed by atoms with Crippen molar-refractivity contribution in [3.8, 4) is 11.1 Å². The van der Waals surface area contributed by atoms with Crippen molar-refractivity contribution < 1.29 is 47.2 Å². The van der Waals surface area contributed by atoms with Crippen LogP contribution in [0.25, 0.3) is 16.7 Å². The van der Waals surface area contributed by atoms with E-state index < -0.39 is 28.3 Å². The number of rotatable bonds is 3. The van der Waals surface area contributed by atoms with Gasteiger partial charge in [-0.25, -0.2) is 0 Å². The van der Waals surface area contributed by atoms with Crippen LogP contribution >= 0.6 is 0 Å². The van der Waals surface area contributed by atoms with Crippen molar-refractivity contribution in [3.05, 3.63) is 76.4 Å². The van der Waals surface area contributed by atoms with Crippen LogP contribution in [-0.4, -0.2) is 5.92 Å². The molecular weight excluding hydrogens is 503 g/mol. The third-order valence-corrected chi connectivity index (χ3v) is 16.1. The summed E-state index contributed by atoms with van der Waals surface area (Å²) in [5, 5.41) is 0. The molecule has 0 amide bonds. The summed E-state index contributed by atoms with van der Waals surface area (Å²) in [6, 6.07) is 16.3. The Morgan fingerprint density at radius 1 is 0.867 bits per heavy atom. The van der Waals surface area contributed by atoms with Gasteiger partial charge >= 0.3 is 184 Å². The number of hydrogen-bond acceptors (Lipinski definition) is 0. The average Bonchev–Trinajstić information content (AvgIpc) is 3.10. The molecular formula is C26H32Cl2SiZr. The summed E-state index contributed by atoms with van der Waals surface area (Å²) in [4.78, 5) is 0. The number of halogens is 2. The summed E-state index contributed by atoms with van der Waals surface area (Å²) in [6.07, 6.45) is 2.53. The molecule has 0 aromatic heterocycles. The van der Waals surface area contributed by atoms with Crippen molar-refractivity contribution in [2.45, 2.75) is 51.3 Å². The average molecular weight is 535 g/mol. The van der Waals surface area contributed by atoms with Gasteiger partial charge in [0, 0.05) is 0 Å². The topological polar surface area (TPSA) is 0 Å². The SMILES string of the molecule is CC1=C(c2cccc3c2[CH]([Zr+2][SiH](C)C)c2ccccc2-3)C(C)C=C1C(C)(C)C.[Cl-].[Cl-]. The van der Waals surface area contributed by atoms with Crippen molar-refractivity contribution in [1.82, 2.24) is 0 Å². The number of fused-ring (bicyclic) bond motifs is 3. The molecule has 2 aliphatic rings. The summed E-state index contributed by atoms with van der Waals surface area (Å²) >= 11 is -0.447. The second kappa shape index (κ2) is 9.62. The number of hydrogen-bond donors (Lipinski definition) is 0. The van der Waals surface area contributed by atoms with Gasteiger partial charge in [0.05, 0.1) is 0 Å². The molecule has 0 spiro atoms. The van der Waals surface area contributed by atoms with Crippen LogP contribution in [0.15, 0.2) is 59.7 Å². The van der Waals surface area contributed by atoms with Gasteiger partial charge in [-0.15, -0.1) is 0 Å². The minimum Gasteiger partial charge on any atom is -1.00 e. The van der Waals surface area contributed by atoms with Crippen LogP contribution in [0.5, 0.6) is 0 Å². The fraction of sp³-hybridized carbons (Fsp3) is 0.385. The monoisotopic (exact) mass is 532 g/mol. The fourth-order valence-electron chi connectivity index (χ4n) is 5.21. The Morgan fingerprint density at radius 3 is 2.07 bits per heavy atom. The summed E-state index contributed by atoms with van der Waals surface area (Å²) in [5.41, 5.74) is 12.7. The van der Waals surface area contributed by atoms with E-state index in [0.717, 1.165) is 3.63 Å². The van der Waals surface area contributed by atoms with Crippen LogP contribution in [-0.2, 0) is 22.4 Å². The molecule has 0 bridgehead atoms. The smallest absolute Gasteiger partial charge is 1.00 e. The molecule has 0 nitrogen and oxygen atoms in total. The Kier molecular flexibility index (Phi) is 8.29. The van der Waals surface area contributed by atoms with Crippen LogP contribution < -0.4 is 24.8 Å². The van der Waals surface area contributed by atoms with E-state index in [-0.39, 0.29) is 30.2 Å². The normalized spacial score (nSPS) is 19.5. The molecule has 30 heavy (non-hydrogen) atoms. The van der Waals surface area contributed by atoms with Crippen molar-refractivity contribution >= 4 is 11.5 Å². The molecule has 0 N–H and O–H groups in total. The van der Waals surface area contributed by atoms with Gasteiger partial charge in [0.15, 0.2) is 0 Å². The third-order valence-electron chi connectivity index (χ3n) is 6.23. The first-order valence-electron chi connectivity index (χ1n) is 10.6. The van der Waals surface area contributed by atoms with Crippen molar-refractivity contribution in [2.75, 3.05) is 0 Å². The van der Waals surface area contributed by atoms with Gasteiger partial charge in [0.2, 0.25) is 0 Å². The van der Waals surface area contributed by atoms with E-state index in [0.29, 0.717) is 5.92 Å². The second-order valence-corrected chi connectivity index (χ2v) is 24.8. The van der Waals surface area contributed by atoms with Gasteiger partial charge in [-0.1, -0.05) is 0 Å². The molecule has 0 saturated heterocycles. The first-order valence-corrected chi connectivity index (χ1v) is 19.2. The van der Waals surface area contributed by atoms with Gasteiger partial charge in [-0.3, -0.25) is 0 Å². The molecule has 0 saturated carbocycles. The van der Waals surface area contributed by atoms with E-state index >= 15 is 0 Å². The molecule has 0 fully saturated rings. The standard InChI is InChI=1S/C24H25.C2H7Si.2ClH.Zr/c1-15-13-22(24(3,4)5)16(2)23(15)20-12-8-11-19-18-10-7-6-9-17(18)14-21(19)20;1-3-2;;;/h6-15H,1-5H3;3H,1-2H3;2*1H;/q;;;;+2/p-2. The second-order valence-electron chi connectivity index (χ2n) is 9.77. The van der Waals surface area contributed by atoms with Crippen molar-refractivity contribution in [2.24, 2.45) is 11.3 Å². The Labute approximate surface area is 207 Å². The molecule has 4 rings (SSSR count). The minimum atomic E-state index is -0.526. The quantitative estimate of drug-likeness (QED) is 0.520. The molecule has 0 heterocycles. The fourth-order valence-corrected chi connectivity index (χ4v) is 15.1. The van der Waals surface area contributed by atoms with Crippen LogP contribution in [0.1, 0.15) is 54.9 Å². The van der Waals surface area contributed by atoms with Gasteiger partial charge < -0.3 is 24.8 Å². The van der Waals surface area contributed by atoms with E-state index in [2.05, 4.69) is 96.3 Å². The maximum absolute atomic E-state index is 2.57. The van der Waals surface area contributed by atoms with Crippen LogP contribution in [0.2, 0.25) is 13.1 Å². The molecule has 4 heteroatoms. The zero-order valence-corrected chi connectivity index (χ0v) is 24.2. The summed E-state index contributed by atoms with van der Waals surface area (Å²) in [6.45, 7) is 16.9. The molecule has 2 aromatic rings. The predicted molar refractivity (Wildman–Crippen MR) is 122 cm³/mol. The van der Waals surface area contributed by atoms with Crippen molar-refractivity contribution in [3.63, 3.8) is 0 Å². The van der Waals surface area contributed by atoms with E-state index in [9.17, 15) is 0 Å². The van der Waals surface area contributed by atoms with Gasteiger partial charge in [0.25, 0.3) is 0 Å². The summed E-state index contributed by atoms with van der Waals surface area (Å²) < 4.78 is 0.740. The van der Waals surface area contributed by atoms with E-state index in [1.165, 1.54) is 22.3 Å². The summed E-state index contributed by atoms with van der Waals surface area (Å²) in [7, 11) is 0. The van der Waals surface area contributed by atoms with Crippen LogP contribution in [0.4, 0.5) is 0 Å².